The number of aryl methyl sites for hydroxylation is 1. The van der Waals surface area contributed by atoms with Crippen LogP contribution in [0.3, 0.4) is 0 Å². The summed E-state index contributed by atoms with van der Waals surface area (Å²) in [5, 5.41) is 2.45. The van der Waals surface area contributed by atoms with Crippen LogP contribution in [-0.2, 0) is 11.0 Å². The molecule has 0 unspecified atom stereocenters. The van der Waals surface area contributed by atoms with Gasteiger partial charge in [-0.15, -0.1) is 11.8 Å². The van der Waals surface area contributed by atoms with Gasteiger partial charge in [0.2, 0.25) is 0 Å². The molecule has 1 saturated carbocycles. The maximum absolute atomic E-state index is 7.67. The van der Waals surface area contributed by atoms with E-state index < -0.39 is 5.60 Å². The van der Waals surface area contributed by atoms with Crippen LogP contribution in [0.1, 0.15) is 80.3 Å². The predicted molar refractivity (Wildman–Crippen MR) is 205 cm³/mol. The van der Waals surface area contributed by atoms with Crippen molar-refractivity contribution in [2.45, 2.75) is 69.8 Å². The van der Waals surface area contributed by atoms with Crippen LogP contribution < -0.4 is 14.2 Å². The van der Waals surface area contributed by atoms with Crippen LogP contribution in [0, 0.1) is 17.8 Å². The maximum Gasteiger partial charge on any atom is 0.178 e. The summed E-state index contributed by atoms with van der Waals surface area (Å²) in [4.78, 5) is 1.31. The standard InChI is InChI=1S/C45H46O3S/c1-28-23-36-35(24-38(28)49-8)39-33-11-9-10-12-37(33)44(26-42(2,3)25-43(4,5)27-44)40(39)34-21-22-45(48-41(34)36,29-13-17-31(46-6)18-14-29)30-15-19-32(47-7)20-16-30/h9-24H,25-27H2,1-8H3. The number of ether oxygens (including phenoxy) is 3. The van der Waals surface area contributed by atoms with Crippen molar-refractivity contribution in [1.82, 2.24) is 0 Å². The highest BCUT2D eigenvalue weighted by atomic mass is 32.2. The van der Waals surface area contributed by atoms with Crippen LogP contribution in [0.2, 0.25) is 0 Å². The number of fused-ring (bicyclic) bond motifs is 10. The van der Waals surface area contributed by atoms with E-state index in [0.717, 1.165) is 41.2 Å². The van der Waals surface area contributed by atoms with Gasteiger partial charge in [0.25, 0.3) is 0 Å². The molecule has 49 heavy (non-hydrogen) atoms. The molecule has 1 heterocycles. The van der Waals surface area contributed by atoms with Crippen LogP contribution in [-0.4, -0.2) is 20.5 Å². The lowest BCUT2D eigenvalue weighted by atomic mass is 9.52. The number of hydrogen-bond donors (Lipinski definition) is 0. The highest BCUT2D eigenvalue weighted by Gasteiger charge is 2.55. The van der Waals surface area contributed by atoms with Gasteiger partial charge in [0.05, 0.1) is 14.2 Å². The maximum atomic E-state index is 7.67. The quantitative estimate of drug-likeness (QED) is 0.175. The predicted octanol–water partition coefficient (Wildman–Crippen LogP) is 11.7. The van der Waals surface area contributed by atoms with E-state index in [4.69, 9.17) is 14.2 Å². The summed E-state index contributed by atoms with van der Waals surface area (Å²) in [6.45, 7) is 12.1. The molecule has 2 aliphatic carbocycles. The number of methoxy groups -OCH3 is 2. The summed E-state index contributed by atoms with van der Waals surface area (Å²) in [7, 11) is 3.42. The van der Waals surface area contributed by atoms with Gasteiger partial charge in [0, 0.05) is 32.4 Å². The smallest absolute Gasteiger partial charge is 0.178 e. The third-order valence-electron chi connectivity index (χ3n) is 11.3. The highest BCUT2D eigenvalue weighted by Crippen LogP contribution is 2.67. The van der Waals surface area contributed by atoms with Crippen molar-refractivity contribution in [2.75, 3.05) is 20.5 Å². The fraction of sp³-hybridized carbons (Fsp3) is 0.333. The minimum absolute atomic E-state index is 0.131. The van der Waals surface area contributed by atoms with Crippen molar-refractivity contribution in [3.8, 4) is 28.4 Å². The van der Waals surface area contributed by atoms with E-state index in [1.807, 2.05) is 36.0 Å². The molecule has 0 N–H and O–H groups in total. The zero-order valence-corrected chi connectivity index (χ0v) is 30.8. The molecule has 5 aromatic carbocycles. The minimum atomic E-state index is -0.859. The summed E-state index contributed by atoms with van der Waals surface area (Å²) >= 11 is 1.82. The SMILES string of the molecule is COc1ccc(C2(c3ccc(OC)cc3)C=Cc3c4c(c5cc(SC)c(C)cc5c3O2)-c2ccccc2C42CC(C)(C)CC(C)(C)C2)cc1. The Kier molecular flexibility index (Phi) is 7.32. The molecule has 4 heteroatoms. The molecule has 5 aromatic rings. The molecular weight excluding hydrogens is 621 g/mol. The number of rotatable bonds is 5. The molecule has 1 spiro atoms. The monoisotopic (exact) mass is 666 g/mol. The third-order valence-corrected chi connectivity index (χ3v) is 12.2. The Balaban J connectivity index is 1.48. The first-order valence-corrected chi connectivity index (χ1v) is 18.6. The fourth-order valence-corrected chi connectivity index (χ4v) is 10.8. The second-order valence-electron chi connectivity index (χ2n) is 16.0. The molecule has 250 valence electrons. The van der Waals surface area contributed by atoms with E-state index in [9.17, 15) is 0 Å². The van der Waals surface area contributed by atoms with Gasteiger partial charge < -0.3 is 14.2 Å². The molecule has 8 rings (SSSR count). The summed E-state index contributed by atoms with van der Waals surface area (Å²) in [6, 6.07) is 30.7. The molecule has 3 aliphatic rings. The Labute approximate surface area is 295 Å². The van der Waals surface area contributed by atoms with Gasteiger partial charge in [-0.1, -0.05) is 82.3 Å². The lowest BCUT2D eigenvalue weighted by Crippen LogP contribution is -2.44. The Morgan fingerprint density at radius 1 is 0.714 bits per heavy atom. The van der Waals surface area contributed by atoms with Gasteiger partial charge in [-0.05, 0) is 119 Å². The normalized spacial score (nSPS) is 18.8. The second-order valence-corrected chi connectivity index (χ2v) is 16.8. The molecule has 1 fully saturated rings. The first-order valence-electron chi connectivity index (χ1n) is 17.4. The Morgan fingerprint density at radius 3 is 1.88 bits per heavy atom. The van der Waals surface area contributed by atoms with E-state index in [-0.39, 0.29) is 16.2 Å². The average molecular weight is 667 g/mol. The highest BCUT2D eigenvalue weighted by molar-refractivity contribution is 7.98. The van der Waals surface area contributed by atoms with Crippen molar-refractivity contribution in [2.24, 2.45) is 10.8 Å². The summed E-state index contributed by atoms with van der Waals surface area (Å²) < 4.78 is 18.8. The minimum Gasteiger partial charge on any atom is -0.497 e. The summed E-state index contributed by atoms with van der Waals surface area (Å²) in [6.07, 6.45) is 10.3. The van der Waals surface area contributed by atoms with Crippen LogP contribution in [0.15, 0.2) is 95.9 Å². The molecule has 0 atom stereocenters. The largest absolute Gasteiger partial charge is 0.497 e. The van der Waals surface area contributed by atoms with Crippen molar-refractivity contribution >= 4 is 28.6 Å². The van der Waals surface area contributed by atoms with Gasteiger partial charge in [-0.25, -0.2) is 0 Å². The van der Waals surface area contributed by atoms with Gasteiger partial charge in [-0.2, -0.15) is 0 Å². The van der Waals surface area contributed by atoms with E-state index in [2.05, 4.69) is 114 Å². The van der Waals surface area contributed by atoms with Gasteiger partial charge >= 0.3 is 0 Å². The lowest BCUT2D eigenvalue weighted by molar-refractivity contribution is 0.0642. The molecular formula is C45H46O3S. The van der Waals surface area contributed by atoms with E-state index in [1.54, 1.807) is 14.2 Å². The van der Waals surface area contributed by atoms with E-state index in [0.29, 0.717) is 0 Å². The second kappa shape index (κ2) is 11.2. The molecule has 0 bridgehead atoms. The first kappa shape index (κ1) is 32.1. The fourth-order valence-electron chi connectivity index (χ4n) is 10.2. The average Bonchev–Trinajstić information content (AvgIpc) is 3.35. The van der Waals surface area contributed by atoms with Crippen LogP contribution in [0.5, 0.6) is 17.2 Å². The third kappa shape index (κ3) is 4.85. The van der Waals surface area contributed by atoms with Crippen molar-refractivity contribution < 1.29 is 14.2 Å². The molecule has 3 nitrogen and oxygen atoms in total. The Bertz CT molecular complexity index is 2070. The number of hydrogen-bond acceptors (Lipinski definition) is 4. The molecule has 0 amide bonds. The zero-order valence-electron chi connectivity index (χ0n) is 30.0. The van der Waals surface area contributed by atoms with Gasteiger partial charge in [0.15, 0.2) is 5.60 Å². The van der Waals surface area contributed by atoms with Gasteiger partial charge in [-0.3, -0.25) is 0 Å². The Morgan fingerprint density at radius 2 is 1.31 bits per heavy atom. The zero-order chi connectivity index (χ0) is 34.3. The molecule has 0 aromatic heterocycles. The van der Waals surface area contributed by atoms with Crippen LogP contribution in [0.4, 0.5) is 0 Å². The summed E-state index contributed by atoms with van der Waals surface area (Å²) in [5.74, 6) is 2.60. The Hall–Kier alpha value is -4.15. The molecule has 0 saturated heterocycles. The first-order chi connectivity index (χ1) is 23.4. The number of thioether (sulfide) groups is 1. The van der Waals surface area contributed by atoms with E-state index >= 15 is 0 Å². The van der Waals surface area contributed by atoms with Crippen molar-refractivity contribution in [3.05, 3.63) is 124 Å². The number of benzene rings is 5. The lowest BCUT2D eigenvalue weighted by Gasteiger charge is -2.52. The van der Waals surface area contributed by atoms with Crippen LogP contribution >= 0.6 is 11.8 Å². The van der Waals surface area contributed by atoms with Crippen molar-refractivity contribution in [1.29, 1.82) is 0 Å². The topological polar surface area (TPSA) is 27.7 Å². The van der Waals surface area contributed by atoms with Gasteiger partial charge in [0.1, 0.15) is 17.2 Å². The molecule has 1 aliphatic heterocycles. The molecule has 0 radical (unpaired) electrons. The van der Waals surface area contributed by atoms with Crippen molar-refractivity contribution in [3.63, 3.8) is 0 Å². The van der Waals surface area contributed by atoms with E-state index in [1.165, 1.54) is 55.5 Å². The summed E-state index contributed by atoms with van der Waals surface area (Å²) in [5.41, 5.74) is 9.63. The van der Waals surface area contributed by atoms with Crippen LogP contribution in [0.25, 0.3) is 28.0 Å².